The van der Waals surface area contributed by atoms with E-state index in [1.54, 1.807) is 0 Å². The first kappa shape index (κ1) is 13.9. The first-order valence-corrected chi connectivity index (χ1v) is 6.32. The van der Waals surface area contributed by atoms with E-state index in [4.69, 9.17) is 4.74 Å². The predicted molar refractivity (Wildman–Crippen MR) is 69.5 cm³/mol. The van der Waals surface area contributed by atoms with Crippen molar-refractivity contribution in [1.82, 2.24) is 15.3 Å². The topological polar surface area (TPSA) is 47.0 Å². The molecule has 17 heavy (non-hydrogen) atoms. The first-order chi connectivity index (χ1) is 8.13. The van der Waals surface area contributed by atoms with Crippen molar-refractivity contribution >= 4 is 0 Å². The van der Waals surface area contributed by atoms with E-state index < -0.39 is 0 Å². The Morgan fingerprint density at radius 1 is 1.29 bits per heavy atom. The highest BCUT2D eigenvalue weighted by molar-refractivity contribution is 5.15. The highest BCUT2D eigenvalue weighted by Crippen LogP contribution is 2.15. The molecule has 4 nitrogen and oxygen atoms in total. The van der Waals surface area contributed by atoms with E-state index in [0.29, 0.717) is 18.5 Å². The fourth-order valence-corrected chi connectivity index (χ4v) is 1.44. The number of aryl methyl sites for hydroxylation is 1. The molecular weight excluding hydrogens is 214 g/mol. The van der Waals surface area contributed by atoms with Crippen LogP contribution >= 0.6 is 0 Å². The van der Waals surface area contributed by atoms with Gasteiger partial charge in [-0.05, 0) is 31.9 Å². The number of hydrogen-bond acceptors (Lipinski definition) is 4. The molecule has 0 aliphatic heterocycles. The average molecular weight is 237 g/mol. The molecule has 1 N–H and O–H groups in total. The smallest absolute Gasteiger partial charge is 0.316 e. The van der Waals surface area contributed by atoms with Crippen molar-refractivity contribution in [2.45, 2.75) is 40.0 Å². The molecule has 0 aromatic carbocycles. The molecule has 1 aromatic heterocycles. The summed E-state index contributed by atoms with van der Waals surface area (Å²) in [6.07, 6.45) is 1.14. The first-order valence-electron chi connectivity index (χ1n) is 6.32. The zero-order valence-electron chi connectivity index (χ0n) is 11.3. The molecule has 0 amide bonds. The van der Waals surface area contributed by atoms with E-state index in [9.17, 15) is 0 Å². The second-order valence-electron chi connectivity index (χ2n) is 4.47. The van der Waals surface area contributed by atoms with Gasteiger partial charge in [0, 0.05) is 12.2 Å². The maximum Gasteiger partial charge on any atom is 0.316 e. The third-order valence-corrected chi connectivity index (χ3v) is 2.38. The maximum absolute atomic E-state index is 5.54. The van der Waals surface area contributed by atoms with E-state index >= 15 is 0 Å². The largest absolute Gasteiger partial charge is 0.462 e. The Morgan fingerprint density at radius 3 is 2.71 bits per heavy atom. The summed E-state index contributed by atoms with van der Waals surface area (Å²) in [5, 5.41) is 3.28. The molecule has 0 unspecified atom stereocenters. The van der Waals surface area contributed by atoms with Gasteiger partial charge in [0.15, 0.2) is 0 Å². The van der Waals surface area contributed by atoms with Crippen LogP contribution in [0.5, 0.6) is 6.01 Å². The summed E-state index contributed by atoms with van der Waals surface area (Å²) in [5.41, 5.74) is 1.99. The van der Waals surface area contributed by atoms with Crippen LogP contribution in [-0.2, 0) is 0 Å². The van der Waals surface area contributed by atoms with Crippen LogP contribution in [0.1, 0.15) is 44.5 Å². The van der Waals surface area contributed by atoms with Crippen molar-refractivity contribution in [3.63, 3.8) is 0 Å². The molecule has 1 rings (SSSR count). The highest BCUT2D eigenvalue weighted by atomic mass is 16.5. The lowest BCUT2D eigenvalue weighted by Gasteiger charge is -2.09. The Morgan fingerprint density at radius 2 is 2.06 bits per heavy atom. The van der Waals surface area contributed by atoms with Crippen LogP contribution in [0.3, 0.4) is 0 Å². The fourth-order valence-electron chi connectivity index (χ4n) is 1.44. The molecule has 0 atom stereocenters. The van der Waals surface area contributed by atoms with Gasteiger partial charge in [-0.15, -0.1) is 0 Å². The highest BCUT2D eigenvalue weighted by Gasteiger charge is 2.06. The Balaban J connectivity index is 2.47. The molecule has 0 saturated heterocycles. The lowest BCUT2D eigenvalue weighted by Crippen LogP contribution is -2.22. The van der Waals surface area contributed by atoms with E-state index in [0.717, 1.165) is 30.9 Å². The number of rotatable bonds is 7. The van der Waals surface area contributed by atoms with Gasteiger partial charge in [0.25, 0.3) is 0 Å². The molecule has 0 aliphatic carbocycles. The van der Waals surface area contributed by atoms with E-state index in [1.165, 1.54) is 0 Å². The molecule has 0 aliphatic rings. The molecule has 0 saturated carbocycles. The SMILES string of the molecule is CCCNCCOc1nc(C)cc(C(C)C)n1. The minimum Gasteiger partial charge on any atom is -0.462 e. The molecule has 0 fully saturated rings. The van der Waals surface area contributed by atoms with Crippen molar-refractivity contribution in [2.75, 3.05) is 19.7 Å². The molecule has 4 heteroatoms. The van der Waals surface area contributed by atoms with Gasteiger partial charge in [-0.3, -0.25) is 0 Å². The number of hydrogen-bond donors (Lipinski definition) is 1. The quantitative estimate of drug-likeness (QED) is 0.739. The van der Waals surface area contributed by atoms with Gasteiger partial charge >= 0.3 is 6.01 Å². The number of nitrogens with one attached hydrogen (secondary N) is 1. The summed E-state index contributed by atoms with van der Waals surface area (Å²) in [6.45, 7) is 10.8. The minimum atomic E-state index is 0.400. The van der Waals surface area contributed by atoms with Gasteiger partial charge in [0.1, 0.15) is 6.61 Å². The monoisotopic (exact) mass is 237 g/mol. The van der Waals surface area contributed by atoms with Crippen LogP contribution in [0, 0.1) is 6.92 Å². The summed E-state index contributed by atoms with van der Waals surface area (Å²) in [6, 6.07) is 2.50. The van der Waals surface area contributed by atoms with Crippen molar-refractivity contribution in [2.24, 2.45) is 0 Å². The van der Waals surface area contributed by atoms with Gasteiger partial charge < -0.3 is 10.1 Å². The molecule has 0 spiro atoms. The van der Waals surface area contributed by atoms with Crippen LogP contribution < -0.4 is 10.1 Å². The molecular formula is C13H23N3O. The van der Waals surface area contributed by atoms with Crippen LogP contribution in [0.2, 0.25) is 0 Å². The average Bonchev–Trinajstić information content (AvgIpc) is 2.28. The van der Waals surface area contributed by atoms with Crippen LogP contribution in [0.25, 0.3) is 0 Å². The Kier molecular flexibility index (Phi) is 5.91. The predicted octanol–water partition coefficient (Wildman–Crippen LogP) is 2.29. The Hall–Kier alpha value is -1.16. The van der Waals surface area contributed by atoms with E-state index in [-0.39, 0.29) is 0 Å². The van der Waals surface area contributed by atoms with Crippen LogP contribution in [0.4, 0.5) is 0 Å². The number of nitrogens with zero attached hydrogens (tertiary/aromatic N) is 2. The van der Waals surface area contributed by atoms with Crippen LogP contribution in [0.15, 0.2) is 6.07 Å². The third kappa shape index (κ3) is 5.13. The lowest BCUT2D eigenvalue weighted by atomic mass is 10.1. The molecule has 1 heterocycles. The van der Waals surface area contributed by atoms with Gasteiger partial charge in [-0.2, -0.15) is 4.98 Å². The normalized spacial score (nSPS) is 10.9. The van der Waals surface area contributed by atoms with E-state index in [1.807, 2.05) is 13.0 Å². The molecule has 96 valence electrons. The third-order valence-electron chi connectivity index (χ3n) is 2.38. The minimum absolute atomic E-state index is 0.400. The number of aromatic nitrogens is 2. The molecule has 1 aromatic rings. The fraction of sp³-hybridized carbons (Fsp3) is 0.692. The summed E-state index contributed by atoms with van der Waals surface area (Å²) in [5.74, 6) is 0.400. The van der Waals surface area contributed by atoms with Crippen molar-refractivity contribution < 1.29 is 4.74 Å². The molecule has 0 radical (unpaired) electrons. The second-order valence-corrected chi connectivity index (χ2v) is 4.47. The maximum atomic E-state index is 5.54. The Labute approximate surface area is 104 Å². The lowest BCUT2D eigenvalue weighted by molar-refractivity contribution is 0.288. The Bertz CT molecular complexity index is 339. The second kappa shape index (κ2) is 7.22. The zero-order valence-corrected chi connectivity index (χ0v) is 11.3. The van der Waals surface area contributed by atoms with Crippen LogP contribution in [-0.4, -0.2) is 29.7 Å². The molecule has 0 bridgehead atoms. The standard InChI is InChI=1S/C13H23N3O/c1-5-6-14-7-8-17-13-15-11(4)9-12(16-13)10(2)3/h9-10,14H,5-8H2,1-4H3. The van der Waals surface area contributed by atoms with Gasteiger partial charge in [0.2, 0.25) is 0 Å². The summed E-state index contributed by atoms with van der Waals surface area (Å²) < 4.78 is 5.54. The van der Waals surface area contributed by atoms with Gasteiger partial charge in [0.05, 0.1) is 5.69 Å². The van der Waals surface area contributed by atoms with Gasteiger partial charge in [-0.25, -0.2) is 4.98 Å². The zero-order chi connectivity index (χ0) is 12.7. The number of ether oxygens (including phenoxy) is 1. The van der Waals surface area contributed by atoms with Crippen molar-refractivity contribution in [3.05, 3.63) is 17.5 Å². The van der Waals surface area contributed by atoms with Crippen molar-refractivity contribution in [3.8, 4) is 6.01 Å². The summed E-state index contributed by atoms with van der Waals surface area (Å²) in [4.78, 5) is 8.66. The summed E-state index contributed by atoms with van der Waals surface area (Å²) in [7, 11) is 0. The van der Waals surface area contributed by atoms with Crippen molar-refractivity contribution in [1.29, 1.82) is 0 Å². The van der Waals surface area contributed by atoms with E-state index in [2.05, 4.69) is 36.1 Å². The summed E-state index contributed by atoms with van der Waals surface area (Å²) >= 11 is 0. The van der Waals surface area contributed by atoms with Gasteiger partial charge in [-0.1, -0.05) is 20.8 Å².